The molecule has 0 spiro atoms. The van der Waals surface area contributed by atoms with Crippen molar-refractivity contribution >= 4 is 11.9 Å². The molecule has 0 saturated carbocycles. The molecule has 0 aliphatic rings. The first-order valence-electron chi connectivity index (χ1n) is 11.7. The summed E-state index contributed by atoms with van der Waals surface area (Å²) < 4.78 is 11.2. The predicted molar refractivity (Wildman–Crippen MR) is 118 cm³/mol. The fourth-order valence-corrected chi connectivity index (χ4v) is 3.21. The van der Waals surface area contributed by atoms with Crippen LogP contribution in [-0.4, -0.2) is 11.9 Å². The molecule has 0 aromatic heterocycles. The number of hydrogen-bond acceptors (Lipinski definition) is 4. The Kier molecular flexibility index (Phi) is 13.9. The molecule has 0 amide bonds. The minimum atomic E-state index is -0.272. The number of benzene rings is 1. The van der Waals surface area contributed by atoms with Crippen LogP contribution < -0.4 is 9.47 Å². The summed E-state index contributed by atoms with van der Waals surface area (Å²) in [5.41, 5.74) is 0.948. The summed E-state index contributed by atoms with van der Waals surface area (Å²) in [4.78, 5) is 24.4. The van der Waals surface area contributed by atoms with E-state index < -0.39 is 0 Å². The molecule has 1 aromatic carbocycles. The summed E-state index contributed by atoms with van der Waals surface area (Å²) in [5.74, 6) is 0.274. The van der Waals surface area contributed by atoms with Gasteiger partial charge in [-0.3, -0.25) is 9.59 Å². The van der Waals surface area contributed by atoms with Crippen LogP contribution in [0.25, 0.3) is 0 Å². The second-order valence-electron chi connectivity index (χ2n) is 7.77. The number of aryl methyl sites for hydroxylation is 1. The molecule has 0 radical (unpaired) electrons. The van der Waals surface area contributed by atoms with Crippen LogP contribution in [0.3, 0.4) is 0 Å². The Labute approximate surface area is 177 Å². The summed E-state index contributed by atoms with van der Waals surface area (Å²) in [6, 6.07) is 5.58. The summed E-state index contributed by atoms with van der Waals surface area (Å²) >= 11 is 0. The normalized spacial score (nSPS) is 10.7. The molecule has 29 heavy (non-hydrogen) atoms. The summed E-state index contributed by atoms with van der Waals surface area (Å²) in [6.07, 6.45) is 13.6. The molecule has 0 atom stereocenters. The first kappa shape index (κ1) is 25.2. The summed E-state index contributed by atoms with van der Waals surface area (Å²) in [7, 11) is 0. The van der Waals surface area contributed by atoms with Gasteiger partial charge in [0.1, 0.15) is 0 Å². The van der Waals surface area contributed by atoms with E-state index in [0.29, 0.717) is 24.3 Å². The van der Waals surface area contributed by atoms with Crippen molar-refractivity contribution in [3.05, 3.63) is 23.8 Å². The fraction of sp³-hybridized carbons (Fsp3) is 0.680. The number of rotatable bonds is 16. The highest BCUT2D eigenvalue weighted by molar-refractivity contribution is 5.76. The van der Waals surface area contributed by atoms with E-state index in [0.717, 1.165) is 50.5 Å². The van der Waals surface area contributed by atoms with E-state index in [2.05, 4.69) is 6.92 Å². The van der Waals surface area contributed by atoms with Crippen molar-refractivity contribution in [2.45, 2.75) is 111 Å². The van der Waals surface area contributed by atoms with Gasteiger partial charge in [-0.2, -0.15) is 0 Å². The highest BCUT2D eigenvalue weighted by atomic mass is 16.6. The number of esters is 2. The van der Waals surface area contributed by atoms with Gasteiger partial charge in [-0.05, 0) is 37.3 Å². The second kappa shape index (κ2) is 16.0. The molecule has 1 rings (SSSR count). The zero-order valence-corrected chi connectivity index (χ0v) is 18.8. The molecule has 0 fully saturated rings. The third kappa shape index (κ3) is 11.1. The van der Waals surface area contributed by atoms with Gasteiger partial charge in [0.2, 0.25) is 0 Å². The van der Waals surface area contributed by atoms with Gasteiger partial charge in [0.05, 0.1) is 0 Å². The number of ether oxygens (including phenoxy) is 2. The van der Waals surface area contributed by atoms with E-state index >= 15 is 0 Å². The Morgan fingerprint density at radius 2 is 1.24 bits per heavy atom. The van der Waals surface area contributed by atoms with E-state index in [4.69, 9.17) is 9.47 Å². The van der Waals surface area contributed by atoms with Gasteiger partial charge in [0.25, 0.3) is 0 Å². The Balaban J connectivity index is 2.77. The minimum Gasteiger partial charge on any atom is -0.423 e. The standard InChI is InChI=1S/C25H40O4/c1-4-7-10-11-12-13-14-16-21-17-15-18-22(28-23(26)19-8-5-2)25(21)29-24(27)20-9-6-3/h15,17-18H,4-14,16,19-20H2,1-3H3. The van der Waals surface area contributed by atoms with Crippen LogP contribution in [0, 0.1) is 0 Å². The molecule has 4 nitrogen and oxygen atoms in total. The van der Waals surface area contributed by atoms with E-state index in [-0.39, 0.29) is 11.9 Å². The maximum absolute atomic E-state index is 12.2. The summed E-state index contributed by atoms with van der Waals surface area (Å²) in [5, 5.41) is 0. The van der Waals surface area contributed by atoms with Crippen LogP contribution in [0.2, 0.25) is 0 Å². The zero-order chi connectivity index (χ0) is 21.3. The van der Waals surface area contributed by atoms with Crippen molar-refractivity contribution in [3.63, 3.8) is 0 Å². The van der Waals surface area contributed by atoms with Crippen molar-refractivity contribution in [2.75, 3.05) is 0 Å². The first-order chi connectivity index (χ1) is 14.1. The van der Waals surface area contributed by atoms with Crippen molar-refractivity contribution < 1.29 is 19.1 Å². The quantitative estimate of drug-likeness (QED) is 0.166. The largest absolute Gasteiger partial charge is 0.423 e. The van der Waals surface area contributed by atoms with Gasteiger partial charge in [-0.25, -0.2) is 0 Å². The third-order valence-electron chi connectivity index (χ3n) is 5.02. The SMILES string of the molecule is CCCCCCCCCc1cccc(OC(=O)CCCC)c1OC(=O)CCCC. The van der Waals surface area contributed by atoms with Crippen LogP contribution in [0.4, 0.5) is 0 Å². The van der Waals surface area contributed by atoms with Gasteiger partial charge < -0.3 is 9.47 Å². The smallest absolute Gasteiger partial charge is 0.311 e. The topological polar surface area (TPSA) is 52.6 Å². The first-order valence-corrected chi connectivity index (χ1v) is 11.7. The summed E-state index contributed by atoms with van der Waals surface area (Å²) in [6.45, 7) is 6.31. The molecular weight excluding hydrogens is 364 g/mol. The lowest BCUT2D eigenvalue weighted by atomic mass is 10.0. The van der Waals surface area contributed by atoms with Crippen LogP contribution in [0.15, 0.2) is 18.2 Å². The third-order valence-corrected chi connectivity index (χ3v) is 5.02. The molecule has 4 heteroatoms. The fourth-order valence-electron chi connectivity index (χ4n) is 3.21. The average molecular weight is 405 g/mol. The molecule has 0 unspecified atom stereocenters. The van der Waals surface area contributed by atoms with Crippen molar-refractivity contribution in [1.82, 2.24) is 0 Å². The van der Waals surface area contributed by atoms with Crippen LogP contribution in [-0.2, 0) is 16.0 Å². The van der Waals surface area contributed by atoms with Crippen molar-refractivity contribution in [3.8, 4) is 11.5 Å². The van der Waals surface area contributed by atoms with Gasteiger partial charge in [-0.15, -0.1) is 0 Å². The number of para-hydroxylation sites is 1. The number of carbonyl (C=O) groups is 2. The Bertz CT molecular complexity index is 594. The molecule has 0 bridgehead atoms. The highest BCUT2D eigenvalue weighted by Crippen LogP contribution is 2.33. The van der Waals surface area contributed by atoms with Gasteiger partial charge in [0.15, 0.2) is 11.5 Å². The number of hydrogen-bond donors (Lipinski definition) is 0. The average Bonchev–Trinajstić information content (AvgIpc) is 2.72. The molecule has 1 aromatic rings. The monoisotopic (exact) mass is 404 g/mol. The zero-order valence-electron chi connectivity index (χ0n) is 18.8. The van der Waals surface area contributed by atoms with Crippen LogP contribution >= 0.6 is 0 Å². The van der Waals surface area contributed by atoms with E-state index in [1.165, 1.54) is 32.1 Å². The molecule has 0 heterocycles. The second-order valence-corrected chi connectivity index (χ2v) is 7.77. The lowest BCUT2D eigenvalue weighted by Gasteiger charge is -2.15. The van der Waals surface area contributed by atoms with E-state index in [9.17, 15) is 9.59 Å². The van der Waals surface area contributed by atoms with Gasteiger partial charge in [-0.1, -0.05) is 84.3 Å². The maximum atomic E-state index is 12.2. The lowest BCUT2D eigenvalue weighted by molar-refractivity contribution is -0.137. The van der Waals surface area contributed by atoms with Crippen molar-refractivity contribution in [2.24, 2.45) is 0 Å². The predicted octanol–water partition coefficient (Wildman–Crippen LogP) is 7.17. The molecule has 0 aliphatic carbocycles. The Morgan fingerprint density at radius 3 is 1.86 bits per heavy atom. The molecule has 0 saturated heterocycles. The Morgan fingerprint density at radius 1 is 0.690 bits per heavy atom. The van der Waals surface area contributed by atoms with Gasteiger partial charge in [0, 0.05) is 12.8 Å². The highest BCUT2D eigenvalue weighted by Gasteiger charge is 2.17. The molecular formula is C25H40O4. The molecule has 0 aliphatic heterocycles. The maximum Gasteiger partial charge on any atom is 0.311 e. The molecule has 0 N–H and O–H groups in total. The molecule has 164 valence electrons. The number of carbonyl (C=O) groups excluding carboxylic acids is 2. The van der Waals surface area contributed by atoms with E-state index in [1.54, 1.807) is 6.07 Å². The minimum absolute atomic E-state index is 0.260. The van der Waals surface area contributed by atoms with Crippen molar-refractivity contribution in [1.29, 1.82) is 0 Å². The Hall–Kier alpha value is -1.84. The van der Waals surface area contributed by atoms with E-state index in [1.807, 2.05) is 26.0 Å². The number of unbranched alkanes of at least 4 members (excludes halogenated alkanes) is 8. The lowest BCUT2D eigenvalue weighted by Crippen LogP contribution is -2.13. The van der Waals surface area contributed by atoms with Crippen LogP contribution in [0.5, 0.6) is 11.5 Å². The van der Waals surface area contributed by atoms with Gasteiger partial charge >= 0.3 is 11.9 Å². The van der Waals surface area contributed by atoms with Crippen LogP contribution in [0.1, 0.15) is 110 Å².